The number of fused-ring (bicyclic) bond motifs is 4. The summed E-state index contributed by atoms with van der Waals surface area (Å²) in [7, 11) is 0. The predicted octanol–water partition coefficient (Wildman–Crippen LogP) is 19.1. The van der Waals surface area contributed by atoms with Gasteiger partial charge in [0.2, 0.25) is 0 Å². The normalized spacial score (nSPS) is 11.4. The van der Waals surface area contributed by atoms with Crippen molar-refractivity contribution in [3.63, 3.8) is 0 Å². The Morgan fingerprint density at radius 2 is 0.385 bits per heavy atom. The standard InChI is InChI=1S/C82H76N6O8/c1-9-83(10-2)67-37-25-57-45-71(79(89)93-75(57)49-67)53-17-29-61(30-18-53)87(62-31-19-54(20-32-62)72-46-58-26-38-68(84(11-3)12-4)50-76(58)94-80(72)90)65-41-43-66(44-42-65)88(63-33-21-55(22-34-63)73-47-59-27-39-69(85(13-5)14-6)51-77(59)95-81(73)91)64-35-23-56(24-36-64)74-48-60-28-40-70(86(15-7)16-8)52-78(60)96-82(74)92/h17-52H,9-16H2,1-8H3. The van der Waals surface area contributed by atoms with E-state index in [4.69, 9.17) is 17.7 Å². The van der Waals surface area contributed by atoms with Gasteiger partial charge < -0.3 is 47.1 Å². The number of anilines is 10. The maximum absolute atomic E-state index is 13.8. The summed E-state index contributed by atoms with van der Waals surface area (Å²) in [4.78, 5) is 68.4. The van der Waals surface area contributed by atoms with Crippen molar-refractivity contribution in [2.75, 3.05) is 81.8 Å². The minimum Gasteiger partial charge on any atom is -0.422 e. The maximum atomic E-state index is 13.8. The molecule has 0 N–H and O–H groups in total. The zero-order valence-corrected chi connectivity index (χ0v) is 55.4. The van der Waals surface area contributed by atoms with Gasteiger partial charge in [0.05, 0.1) is 22.3 Å². The zero-order valence-electron chi connectivity index (χ0n) is 55.4. The summed E-state index contributed by atoms with van der Waals surface area (Å²) < 4.78 is 24.0. The lowest BCUT2D eigenvalue weighted by molar-refractivity contribution is 0.563. The van der Waals surface area contributed by atoms with Crippen molar-refractivity contribution in [3.8, 4) is 44.5 Å². The van der Waals surface area contributed by atoms with E-state index >= 15 is 0 Å². The molecule has 0 unspecified atom stereocenters. The molecule has 0 saturated heterocycles. The Kier molecular flexibility index (Phi) is 18.0. The number of hydrogen-bond donors (Lipinski definition) is 0. The van der Waals surface area contributed by atoms with E-state index < -0.39 is 22.5 Å². The lowest BCUT2D eigenvalue weighted by atomic mass is 10.0. The van der Waals surface area contributed by atoms with Crippen LogP contribution in [0.1, 0.15) is 55.4 Å². The van der Waals surface area contributed by atoms with Gasteiger partial charge >= 0.3 is 22.5 Å². The van der Waals surface area contributed by atoms with Crippen molar-refractivity contribution in [1.82, 2.24) is 0 Å². The molecule has 96 heavy (non-hydrogen) atoms. The number of hydrogen-bond acceptors (Lipinski definition) is 14. The third-order valence-corrected chi connectivity index (χ3v) is 18.5. The van der Waals surface area contributed by atoms with Gasteiger partial charge in [-0.05, 0) is 223 Å². The highest BCUT2D eigenvalue weighted by Crippen LogP contribution is 2.42. The van der Waals surface area contributed by atoms with Crippen LogP contribution in [0, 0.1) is 0 Å². The molecule has 0 bridgehead atoms. The van der Waals surface area contributed by atoms with Crippen LogP contribution in [0.4, 0.5) is 56.9 Å². The molecule has 0 radical (unpaired) electrons. The van der Waals surface area contributed by atoms with Crippen molar-refractivity contribution in [1.29, 1.82) is 0 Å². The second-order valence-electron chi connectivity index (χ2n) is 23.7. The molecule has 0 aliphatic carbocycles. The van der Waals surface area contributed by atoms with E-state index in [0.717, 1.165) is 131 Å². The van der Waals surface area contributed by atoms with Gasteiger partial charge in [0.1, 0.15) is 22.3 Å². The van der Waals surface area contributed by atoms with Gasteiger partial charge in [-0.2, -0.15) is 0 Å². The Balaban J connectivity index is 0.885. The SMILES string of the molecule is CCN(CC)c1ccc2cc(-c3ccc(N(c4ccc(-c5cc6ccc(N(CC)CC)cc6oc5=O)cc4)c4ccc(N(c5ccc(-c6cc7ccc(N(CC)CC)cc7oc6=O)cc5)c5ccc(-c6cc7ccc(N(CC)CC)cc7oc6=O)cc5)cc4)cc3)c(=O)oc2c1. The van der Waals surface area contributed by atoms with Crippen LogP contribution in [0.15, 0.2) is 255 Å². The van der Waals surface area contributed by atoms with Crippen LogP contribution in [-0.2, 0) is 0 Å². The Hall–Kier alpha value is -11.4. The quantitative estimate of drug-likeness (QED) is 0.0594. The molecule has 0 saturated carbocycles. The van der Waals surface area contributed by atoms with E-state index in [-0.39, 0.29) is 0 Å². The fourth-order valence-corrected chi connectivity index (χ4v) is 13.2. The second kappa shape index (κ2) is 27.3. The largest absolute Gasteiger partial charge is 0.422 e. The zero-order chi connectivity index (χ0) is 66.7. The molecule has 0 fully saturated rings. The van der Waals surface area contributed by atoms with Crippen molar-refractivity contribution >= 4 is 101 Å². The molecule has 14 heteroatoms. The fourth-order valence-electron chi connectivity index (χ4n) is 13.2. The molecule has 0 amide bonds. The molecule has 4 heterocycles. The molecule has 9 aromatic carbocycles. The topological polar surface area (TPSA) is 140 Å². The van der Waals surface area contributed by atoms with E-state index in [1.807, 2.05) is 170 Å². The summed E-state index contributed by atoms with van der Waals surface area (Å²) in [5, 5.41) is 3.28. The summed E-state index contributed by atoms with van der Waals surface area (Å²) in [6, 6.07) is 71.1. The first-order valence-electron chi connectivity index (χ1n) is 33.2. The van der Waals surface area contributed by atoms with Crippen LogP contribution >= 0.6 is 0 Å². The molecular weight excluding hydrogens is 1200 g/mol. The molecule has 0 atom stereocenters. The molecular formula is C82H76N6O8. The molecule has 0 spiro atoms. The van der Waals surface area contributed by atoms with Gasteiger partial charge in [-0.1, -0.05) is 48.5 Å². The van der Waals surface area contributed by atoms with E-state index in [1.165, 1.54) is 0 Å². The van der Waals surface area contributed by atoms with E-state index in [9.17, 15) is 19.2 Å². The van der Waals surface area contributed by atoms with Crippen LogP contribution in [0.5, 0.6) is 0 Å². The minimum absolute atomic E-state index is 0.431. The molecule has 13 rings (SSSR count). The Morgan fingerprint density at radius 1 is 0.219 bits per heavy atom. The van der Waals surface area contributed by atoms with E-state index in [0.29, 0.717) is 66.8 Å². The van der Waals surface area contributed by atoms with Crippen LogP contribution in [0.25, 0.3) is 88.4 Å². The number of benzene rings is 9. The average molecular weight is 1270 g/mol. The monoisotopic (exact) mass is 1270 g/mol. The molecule has 0 aliphatic rings. The lowest BCUT2D eigenvalue weighted by Crippen LogP contribution is -2.21. The lowest BCUT2D eigenvalue weighted by Gasteiger charge is -2.28. The van der Waals surface area contributed by atoms with E-state index in [2.05, 4.69) is 133 Å². The Morgan fingerprint density at radius 3 is 0.562 bits per heavy atom. The summed E-state index contributed by atoms with van der Waals surface area (Å²) in [6.07, 6.45) is 0. The summed E-state index contributed by atoms with van der Waals surface area (Å²) in [5.74, 6) is 0. The number of rotatable bonds is 22. The van der Waals surface area contributed by atoms with Crippen LogP contribution < -0.4 is 51.9 Å². The molecule has 482 valence electrons. The predicted molar refractivity (Wildman–Crippen MR) is 396 cm³/mol. The van der Waals surface area contributed by atoms with Crippen molar-refractivity contribution in [2.24, 2.45) is 0 Å². The number of nitrogens with zero attached hydrogens (tertiary/aromatic N) is 6. The average Bonchev–Trinajstić information content (AvgIpc) is 0.809. The summed E-state index contributed by atoms with van der Waals surface area (Å²) in [6.45, 7) is 23.4. The molecule has 13 aromatic rings. The van der Waals surface area contributed by atoms with Crippen LogP contribution in [0.2, 0.25) is 0 Å². The smallest absolute Gasteiger partial charge is 0.344 e. The van der Waals surface area contributed by atoms with Crippen molar-refractivity contribution in [3.05, 3.63) is 260 Å². The van der Waals surface area contributed by atoms with E-state index in [1.54, 1.807) is 0 Å². The molecule has 14 nitrogen and oxygen atoms in total. The van der Waals surface area contributed by atoms with Crippen molar-refractivity contribution in [2.45, 2.75) is 55.4 Å². The van der Waals surface area contributed by atoms with Gasteiger partial charge in [-0.15, -0.1) is 0 Å². The minimum atomic E-state index is -0.431. The third-order valence-electron chi connectivity index (χ3n) is 18.5. The highest BCUT2D eigenvalue weighted by molar-refractivity contribution is 5.91. The highest BCUT2D eigenvalue weighted by Gasteiger charge is 2.21. The van der Waals surface area contributed by atoms with Gasteiger partial charge in [0.15, 0.2) is 0 Å². The third kappa shape index (κ3) is 12.4. The van der Waals surface area contributed by atoms with Crippen LogP contribution in [-0.4, -0.2) is 52.4 Å². The summed E-state index contributed by atoms with van der Waals surface area (Å²) >= 11 is 0. The fraction of sp³-hybridized carbons (Fsp3) is 0.195. The summed E-state index contributed by atoms with van der Waals surface area (Å²) in [5.41, 5.74) is 13.8. The molecule has 4 aromatic heterocycles. The van der Waals surface area contributed by atoms with Crippen molar-refractivity contribution < 1.29 is 17.7 Å². The molecule has 0 aliphatic heterocycles. The first-order valence-corrected chi connectivity index (χ1v) is 33.2. The maximum Gasteiger partial charge on any atom is 0.344 e. The Labute approximate surface area is 557 Å². The first kappa shape index (κ1) is 63.4. The highest BCUT2D eigenvalue weighted by atomic mass is 16.4. The van der Waals surface area contributed by atoms with Crippen LogP contribution in [0.3, 0.4) is 0 Å². The van der Waals surface area contributed by atoms with Gasteiger partial charge in [-0.25, -0.2) is 19.2 Å². The van der Waals surface area contributed by atoms with Gasteiger partial charge in [0.25, 0.3) is 0 Å². The first-order chi connectivity index (χ1) is 46.8. The van der Waals surface area contributed by atoms with Gasteiger partial charge in [-0.3, -0.25) is 0 Å². The Bertz CT molecular complexity index is 4590. The second-order valence-corrected chi connectivity index (χ2v) is 23.7. The van der Waals surface area contributed by atoms with Gasteiger partial charge in [0, 0.05) is 155 Å².